The van der Waals surface area contributed by atoms with E-state index in [1.807, 2.05) is 13.8 Å². The molecule has 0 aliphatic rings. The molecule has 0 radical (unpaired) electrons. The first-order chi connectivity index (χ1) is 9.12. The summed E-state index contributed by atoms with van der Waals surface area (Å²) in [6.07, 6.45) is 0.620. The highest BCUT2D eigenvalue weighted by Gasteiger charge is 2.13. The molecule has 0 bridgehead atoms. The molecule has 0 saturated carbocycles. The zero-order valence-electron chi connectivity index (χ0n) is 11.0. The van der Waals surface area contributed by atoms with Gasteiger partial charge < -0.3 is 19.9 Å². The van der Waals surface area contributed by atoms with Crippen molar-refractivity contribution in [1.29, 1.82) is 0 Å². The van der Waals surface area contributed by atoms with Crippen molar-refractivity contribution in [2.24, 2.45) is 5.73 Å². The number of benzene rings is 1. The third-order valence-corrected chi connectivity index (χ3v) is 2.17. The van der Waals surface area contributed by atoms with Crippen LogP contribution in [0.5, 0.6) is 17.2 Å². The monoisotopic (exact) mass is 267 g/mol. The van der Waals surface area contributed by atoms with E-state index in [1.54, 1.807) is 0 Å². The van der Waals surface area contributed by atoms with Crippen molar-refractivity contribution >= 4 is 12.2 Å². The number of rotatable bonds is 8. The van der Waals surface area contributed by atoms with Gasteiger partial charge in [-0.3, -0.25) is 9.59 Å². The predicted octanol–water partition coefficient (Wildman–Crippen LogP) is 1.16. The Kier molecular flexibility index (Phi) is 5.66. The first-order valence-corrected chi connectivity index (χ1v) is 5.92. The molecule has 104 valence electrons. The number of ether oxygens (including phenoxy) is 3. The predicted molar refractivity (Wildman–Crippen MR) is 68.9 cm³/mol. The van der Waals surface area contributed by atoms with Crippen LogP contribution in [0.4, 0.5) is 0 Å². The molecule has 19 heavy (non-hydrogen) atoms. The molecule has 6 heteroatoms. The molecule has 0 unspecified atom stereocenters. The van der Waals surface area contributed by atoms with Crippen LogP contribution in [0.25, 0.3) is 0 Å². The zero-order valence-corrected chi connectivity index (χ0v) is 11.0. The summed E-state index contributed by atoms with van der Waals surface area (Å²) >= 11 is 0. The van der Waals surface area contributed by atoms with Crippen molar-refractivity contribution in [3.63, 3.8) is 0 Å². The van der Waals surface area contributed by atoms with Crippen molar-refractivity contribution in [2.45, 2.75) is 13.8 Å². The Morgan fingerprint density at radius 3 is 2.16 bits per heavy atom. The molecule has 1 aromatic rings. The molecule has 1 aromatic carbocycles. The standard InChI is InChI=1S/C13H17NO5/c1-3-17-11-5-9(7-15)10(19-8-13(14)16)6-12(11)18-4-2/h5-7H,3-4,8H2,1-2H3,(H2,14,16). The summed E-state index contributed by atoms with van der Waals surface area (Å²) in [6.45, 7) is 4.23. The highest BCUT2D eigenvalue weighted by Crippen LogP contribution is 2.34. The SMILES string of the molecule is CCOc1cc(C=O)c(OCC(N)=O)cc1OCC. The number of hydrogen-bond donors (Lipinski definition) is 1. The van der Waals surface area contributed by atoms with Gasteiger partial charge in [0.25, 0.3) is 5.91 Å². The Bertz CT molecular complexity index is 459. The van der Waals surface area contributed by atoms with Gasteiger partial charge in [0.2, 0.25) is 0 Å². The molecule has 0 fully saturated rings. The Hall–Kier alpha value is -2.24. The molecule has 0 aromatic heterocycles. The topological polar surface area (TPSA) is 87.9 Å². The lowest BCUT2D eigenvalue weighted by atomic mass is 10.2. The minimum atomic E-state index is -0.622. The van der Waals surface area contributed by atoms with Gasteiger partial charge in [0.15, 0.2) is 24.4 Å². The fraction of sp³-hybridized carbons (Fsp3) is 0.385. The van der Waals surface area contributed by atoms with E-state index in [0.29, 0.717) is 31.0 Å². The van der Waals surface area contributed by atoms with E-state index in [2.05, 4.69) is 0 Å². The molecule has 6 nitrogen and oxygen atoms in total. The van der Waals surface area contributed by atoms with Crippen LogP contribution in [0.2, 0.25) is 0 Å². The largest absolute Gasteiger partial charge is 0.490 e. The van der Waals surface area contributed by atoms with E-state index in [0.717, 1.165) is 0 Å². The molecule has 0 spiro atoms. The number of carbonyl (C=O) groups is 2. The van der Waals surface area contributed by atoms with Crippen molar-refractivity contribution in [1.82, 2.24) is 0 Å². The van der Waals surface area contributed by atoms with Gasteiger partial charge in [-0.15, -0.1) is 0 Å². The van der Waals surface area contributed by atoms with Crippen LogP contribution in [0.3, 0.4) is 0 Å². The summed E-state index contributed by atoms with van der Waals surface area (Å²) in [5.41, 5.74) is 5.27. The van der Waals surface area contributed by atoms with Gasteiger partial charge in [-0.05, 0) is 19.9 Å². The van der Waals surface area contributed by atoms with Crippen LogP contribution >= 0.6 is 0 Å². The summed E-state index contributed by atoms with van der Waals surface area (Å²) in [6, 6.07) is 3.03. The third-order valence-electron chi connectivity index (χ3n) is 2.17. The molecular formula is C13H17NO5. The normalized spacial score (nSPS) is 9.79. The zero-order chi connectivity index (χ0) is 14.3. The summed E-state index contributed by atoms with van der Waals surface area (Å²) in [7, 11) is 0. The highest BCUT2D eigenvalue weighted by atomic mass is 16.5. The fourth-order valence-electron chi connectivity index (χ4n) is 1.46. The smallest absolute Gasteiger partial charge is 0.255 e. The lowest BCUT2D eigenvalue weighted by Crippen LogP contribution is -2.20. The van der Waals surface area contributed by atoms with E-state index < -0.39 is 5.91 Å². The lowest BCUT2D eigenvalue weighted by molar-refractivity contribution is -0.119. The van der Waals surface area contributed by atoms with Crippen molar-refractivity contribution < 1.29 is 23.8 Å². The van der Waals surface area contributed by atoms with Gasteiger partial charge in [-0.1, -0.05) is 0 Å². The summed E-state index contributed by atoms with van der Waals surface area (Å²) in [4.78, 5) is 21.7. The minimum Gasteiger partial charge on any atom is -0.490 e. The summed E-state index contributed by atoms with van der Waals surface area (Å²) in [5, 5.41) is 0. The van der Waals surface area contributed by atoms with E-state index in [1.165, 1.54) is 12.1 Å². The quantitative estimate of drug-likeness (QED) is 0.714. The number of hydrogen-bond acceptors (Lipinski definition) is 5. The molecule has 0 saturated heterocycles. The maximum atomic E-state index is 11.0. The van der Waals surface area contributed by atoms with Gasteiger partial charge in [-0.25, -0.2) is 0 Å². The first-order valence-electron chi connectivity index (χ1n) is 5.92. The number of nitrogens with two attached hydrogens (primary N) is 1. The van der Waals surface area contributed by atoms with Gasteiger partial charge >= 0.3 is 0 Å². The number of aldehydes is 1. The van der Waals surface area contributed by atoms with Crippen LogP contribution in [0.1, 0.15) is 24.2 Å². The fourth-order valence-corrected chi connectivity index (χ4v) is 1.46. The minimum absolute atomic E-state index is 0.237. The number of carbonyl (C=O) groups excluding carboxylic acids is 2. The average Bonchev–Trinajstić information content (AvgIpc) is 2.38. The van der Waals surface area contributed by atoms with Crippen molar-refractivity contribution in [3.8, 4) is 17.2 Å². The van der Waals surface area contributed by atoms with Gasteiger partial charge in [0.1, 0.15) is 5.75 Å². The Morgan fingerprint density at radius 2 is 1.68 bits per heavy atom. The number of primary amides is 1. The molecule has 0 atom stereocenters. The maximum absolute atomic E-state index is 11.0. The average molecular weight is 267 g/mol. The van der Waals surface area contributed by atoms with E-state index in [-0.39, 0.29) is 17.9 Å². The van der Waals surface area contributed by atoms with Crippen LogP contribution in [0, 0.1) is 0 Å². The van der Waals surface area contributed by atoms with E-state index in [9.17, 15) is 9.59 Å². The molecule has 1 amide bonds. The summed E-state index contributed by atoms with van der Waals surface area (Å²) < 4.78 is 15.9. The molecular weight excluding hydrogens is 250 g/mol. The van der Waals surface area contributed by atoms with Crippen molar-refractivity contribution in [2.75, 3.05) is 19.8 Å². The van der Waals surface area contributed by atoms with E-state index >= 15 is 0 Å². The van der Waals surface area contributed by atoms with Crippen LogP contribution in [0.15, 0.2) is 12.1 Å². The lowest BCUT2D eigenvalue weighted by Gasteiger charge is -2.14. The van der Waals surface area contributed by atoms with Gasteiger partial charge in [0, 0.05) is 6.07 Å². The van der Waals surface area contributed by atoms with E-state index in [4.69, 9.17) is 19.9 Å². The first kappa shape index (κ1) is 14.8. The second kappa shape index (κ2) is 7.25. The van der Waals surface area contributed by atoms with Crippen molar-refractivity contribution in [3.05, 3.63) is 17.7 Å². The van der Waals surface area contributed by atoms with Gasteiger partial charge in [0.05, 0.1) is 18.8 Å². The highest BCUT2D eigenvalue weighted by molar-refractivity contribution is 5.82. The molecule has 0 aliphatic carbocycles. The Morgan fingerprint density at radius 1 is 1.11 bits per heavy atom. The van der Waals surface area contributed by atoms with Crippen LogP contribution < -0.4 is 19.9 Å². The third kappa shape index (κ3) is 4.17. The second-order valence-corrected chi connectivity index (χ2v) is 3.58. The second-order valence-electron chi connectivity index (χ2n) is 3.58. The molecule has 0 heterocycles. The van der Waals surface area contributed by atoms with Crippen LogP contribution in [-0.4, -0.2) is 32.0 Å². The van der Waals surface area contributed by atoms with Gasteiger partial charge in [-0.2, -0.15) is 0 Å². The Labute approximate surface area is 111 Å². The molecule has 1 rings (SSSR count). The number of amides is 1. The molecule has 0 aliphatic heterocycles. The summed E-state index contributed by atoms with van der Waals surface area (Å²) in [5.74, 6) is 0.525. The molecule has 2 N–H and O–H groups in total. The van der Waals surface area contributed by atoms with Crippen LogP contribution in [-0.2, 0) is 4.79 Å². The maximum Gasteiger partial charge on any atom is 0.255 e. The Balaban J connectivity index is 3.10.